The molecule has 2 aliphatic heterocycles. The van der Waals surface area contributed by atoms with Crippen molar-refractivity contribution in [2.45, 2.75) is 116 Å². The van der Waals surface area contributed by atoms with Gasteiger partial charge >= 0.3 is 41.8 Å². The van der Waals surface area contributed by atoms with Crippen molar-refractivity contribution < 1.29 is 80.9 Å². The SMILES string of the molecule is C=CC[C@H]1O[C@H](COC(C)=O)[C@@H](OC(C)=O)[C@H](O[C@H]2O[C@H](COC(C)=O)[C@@H](OC(C)=O)[C@H](OC(C)=O)[C@@H]2OC(C)=O)[C@@H]1OC(C)=O. The molecule has 0 aromatic rings. The number of carbonyl (C=O) groups is 7. The molecule has 0 radical (unpaired) electrons. The molecule has 2 heterocycles. The van der Waals surface area contributed by atoms with Crippen LogP contribution in [-0.2, 0) is 80.9 Å². The van der Waals surface area contributed by atoms with Crippen LogP contribution in [-0.4, -0.2) is 116 Å². The molecule has 17 nitrogen and oxygen atoms in total. The van der Waals surface area contributed by atoms with E-state index < -0.39 is 116 Å². The number of hydrogen-bond donors (Lipinski definition) is 0. The Labute approximate surface area is 265 Å². The van der Waals surface area contributed by atoms with E-state index in [0.717, 1.165) is 48.5 Å². The Balaban J connectivity index is 2.73. The maximum absolute atomic E-state index is 12.3. The van der Waals surface area contributed by atoms with Crippen LogP contribution in [0, 0.1) is 0 Å². The first kappa shape index (κ1) is 38.1. The van der Waals surface area contributed by atoms with Gasteiger partial charge in [-0.05, 0) is 6.42 Å². The van der Waals surface area contributed by atoms with Gasteiger partial charge in [-0.3, -0.25) is 33.6 Å². The molecule has 10 atom stereocenters. The van der Waals surface area contributed by atoms with Crippen molar-refractivity contribution in [3.8, 4) is 0 Å². The van der Waals surface area contributed by atoms with Gasteiger partial charge < -0.3 is 47.4 Å². The second-order valence-electron chi connectivity index (χ2n) is 10.4. The molecule has 0 N–H and O–H groups in total. The van der Waals surface area contributed by atoms with E-state index >= 15 is 0 Å². The van der Waals surface area contributed by atoms with E-state index in [4.69, 9.17) is 47.4 Å². The topological polar surface area (TPSA) is 212 Å². The van der Waals surface area contributed by atoms with E-state index in [1.165, 1.54) is 6.08 Å². The van der Waals surface area contributed by atoms with Gasteiger partial charge in [-0.1, -0.05) is 6.08 Å². The van der Waals surface area contributed by atoms with Gasteiger partial charge in [0.05, 0.1) is 0 Å². The summed E-state index contributed by atoms with van der Waals surface area (Å²) in [6.07, 6.45) is -12.7. The van der Waals surface area contributed by atoms with E-state index in [2.05, 4.69) is 6.58 Å². The van der Waals surface area contributed by atoms with Crippen molar-refractivity contribution in [2.24, 2.45) is 0 Å². The molecule has 2 fully saturated rings. The zero-order valence-corrected chi connectivity index (χ0v) is 26.6. The van der Waals surface area contributed by atoms with Crippen molar-refractivity contribution in [2.75, 3.05) is 13.2 Å². The van der Waals surface area contributed by atoms with Gasteiger partial charge in [-0.15, -0.1) is 6.58 Å². The largest absolute Gasteiger partial charge is 0.463 e. The Morgan fingerprint density at radius 3 is 1.28 bits per heavy atom. The lowest BCUT2D eigenvalue weighted by atomic mass is 9.92. The molecule has 0 aliphatic carbocycles. The highest BCUT2D eigenvalue weighted by molar-refractivity contribution is 5.69. The molecular weight excluding hydrogens is 620 g/mol. The normalized spacial score (nSPS) is 30.5. The Hall–Kier alpha value is -4.09. The molecule has 258 valence electrons. The minimum absolute atomic E-state index is 0.0692. The number of hydrogen-bond acceptors (Lipinski definition) is 17. The summed E-state index contributed by atoms with van der Waals surface area (Å²) in [7, 11) is 0. The third kappa shape index (κ3) is 11.4. The van der Waals surface area contributed by atoms with Crippen molar-refractivity contribution in [1.82, 2.24) is 0 Å². The van der Waals surface area contributed by atoms with Crippen LogP contribution in [0.3, 0.4) is 0 Å². The number of carbonyl (C=O) groups excluding carboxylic acids is 7. The molecule has 0 saturated carbocycles. The van der Waals surface area contributed by atoms with E-state index in [0.29, 0.717) is 0 Å². The van der Waals surface area contributed by atoms with E-state index in [-0.39, 0.29) is 6.42 Å². The Morgan fingerprint density at radius 2 is 0.870 bits per heavy atom. The molecule has 46 heavy (non-hydrogen) atoms. The van der Waals surface area contributed by atoms with Crippen LogP contribution in [0.2, 0.25) is 0 Å². The van der Waals surface area contributed by atoms with Crippen molar-refractivity contribution in [1.29, 1.82) is 0 Å². The molecule has 0 unspecified atom stereocenters. The van der Waals surface area contributed by atoms with Crippen LogP contribution >= 0.6 is 0 Å². The molecule has 2 aliphatic rings. The molecule has 0 aromatic heterocycles. The van der Waals surface area contributed by atoms with E-state index in [1.807, 2.05) is 0 Å². The van der Waals surface area contributed by atoms with Crippen molar-refractivity contribution in [3.05, 3.63) is 12.7 Å². The summed E-state index contributed by atoms with van der Waals surface area (Å²) in [6.45, 7) is 10.3. The Bertz CT molecular complexity index is 1150. The van der Waals surface area contributed by atoms with Crippen LogP contribution in [0.15, 0.2) is 12.7 Å². The summed E-state index contributed by atoms with van der Waals surface area (Å²) >= 11 is 0. The molecule has 2 rings (SSSR count). The highest BCUT2D eigenvalue weighted by atomic mass is 16.8. The highest BCUT2D eigenvalue weighted by Gasteiger charge is 2.57. The summed E-state index contributed by atoms with van der Waals surface area (Å²) in [5.74, 6) is -5.61. The summed E-state index contributed by atoms with van der Waals surface area (Å²) in [4.78, 5) is 84.5. The average Bonchev–Trinajstić information content (AvgIpc) is 2.91. The Kier molecular flexibility index (Phi) is 14.5. The first-order valence-corrected chi connectivity index (χ1v) is 14.2. The summed E-state index contributed by atoms with van der Waals surface area (Å²) < 4.78 is 56.0. The van der Waals surface area contributed by atoms with Gasteiger partial charge in [0, 0.05) is 48.5 Å². The number of esters is 7. The molecular formula is C29H40O17. The second-order valence-corrected chi connectivity index (χ2v) is 10.4. The number of rotatable bonds is 13. The lowest BCUT2D eigenvalue weighted by Crippen LogP contribution is -2.67. The van der Waals surface area contributed by atoms with Gasteiger partial charge in [-0.25, -0.2) is 0 Å². The van der Waals surface area contributed by atoms with Crippen LogP contribution in [0.5, 0.6) is 0 Å². The smallest absolute Gasteiger partial charge is 0.303 e. The van der Waals surface area contributed by atoms with Crippen LogP contribution in [0.1, 0.15) is 54.9 Å². The van der Waals surface area contributed by atoms with Gasteiger partial charge in [0.15, 0.2) is 36.8 Å². The monoisotopic (exact) mass is 660 g/mol. The lowest BCUT2D eigenvalue weighted by molar-refractivity contribution is -0.344. The zero-order chi connectivity index (χ0) is 34.7. The van der Waals surface area contributed by atoms with Gasteiger partial charge in [0.2, 0.25) is 0 Å². The third-order valence-electron chi connectivity index (χ3n) is 6.42. The van der Waals surface area contributed by atoms with Crippen LogP contribution < -0.4 is 0 Å². The third-order valence-corrected chi connectivity index (χ3v) is 6.42. The van der Waals surface area contributed by atoms with E-state index in [1.54, 1.807) is 0 Å². The number of ether oxygens (including phenoxy) is 10. The highest BCUT2D eigenvalue weighted by Crippen LogP contribution is 2.36. The Morgan fingerprint density at radius 1 is 0.500 bits per heavy atom. The molecule has 0 aromatic carbocycles. The molecule has 2 saturated heterocycles. The lowest BCUT2D eigenvalue weighted by Gasteiger charge is -2.49. The maximum atomic E-state index is 12.3. The summed E-state index contributed by atoms with van der Waals surface area (Å²) in [5, 5.41) is 0. The van der Waals surface area contributed by atoms with Crippen LogP contribution in [0.25, 0.3) is 0 Å². The quantitative estimate of drug-likeness (QED) is 0.147. The molecule has 0 spiro atoms. The predicted octanol–water partition coefficient (Wildman–Crippen LogP) is 0.225. The summed E-state index contributed by atoms with van der Waals surface area (Å²) in [5.41, 5.74) is 0. The van der Waals surface area contributed by atoms with Gasteiger partial charge in [-0.2, -0.15) is 0 Å². The fourth-order valence-electron chi connectivity index (χ4n) is 4.95. The first-order chi connectivity index (χ1) is 21.5. The van der Waals surface area contributed by atoms with Gasteiger partial charge in [0.1, 0.15) is 37.6 Å². The average molecular weight is 661 g/mol. The maximum Gasteiger partial charge on any atom is 0.303 e. The molecule has 0 bridgehead atoms. The second kappa shape index (κ2) is 17.6. The summed E-state index contributed by atoms with van der Waals surface area (Å²) in [6, 6.07) is 0. The van der Waals surface area contributed by atoms with E-state index in [9.17, 15) is 33.6 Å². The zero-order valence-electron chi connectivity index (χ0n) is 26.6. The fourth-order valence-corrected chi connectivity index (χ4v) is 4.95. The molecule has 17 heteroatoms. The van der Waals surface area contributed by atoms with Crippen molar-refractivity contribution in [3.63, 3.8) is 0 Å². The predicted molar refractivity (Wildman–Crippen MR) is 148 cm³/mol. The minimum Gasteiger partial charge on any atom is -0.463 e. The van der Waals surface area contributed by atoms with Crippen LogP contribution in [0.4, 0.5) is 0 Å². The van der Waals surface area contributed by atoms with Gasteiger partial charge in [0.25, 0.3) is 0 Å². The fraction of sp³-hybridized carbons (Fsp3) is 0.690. The molecule has 0 amide bonds. The minimum atomic E-state index is -1.74. The van der Waals surface area contributed by atoms with Crippen molar-refractivity contribution >= 4 is 41.8 Å². The standard InChI is InChI=1S/C29H40O17/c1-9-10-20-23(39-15(4)32)26(24(40-16(5)33)21(44-20)11-37-13(2)30)46-29-28(43-19(8)36)27(42-18(7)35)25(41-17(6)34)22(45-29)12-38-14(3)31/h9,20-29H,1,10-12H2,2-8H3/t20-,21-,22-,23-,24-,25-,26-,27+,28+,29-/m1/s1. The first-order valence-electron chi connectivity index (χ1n) is 14.2.